The van der Waals surface area contributed by atoms with E-state index in [1.807, 2.05) is 73.8 Å². The van der Waals surface area contributed by atoms with Gasteiger partial charge in [-0.2, -0.15) is 5.26 Å². The monoisotopic (exact) mass is 642 g/mol. The second-order valence-corrected chi connectivity index (χ2v) is 12.3. The van der Waals surface area contributed by atoms with Crippen LogP contribution in [0.3, 0.4) is 0 Å². The molecule has 45 heavy (non-hydrogen) atoms. The topological polar surface area (TPSA) is 85.7 Å². The zero-order chi connectivity index (χ0) is 31.9. The molecule has 5 rings (SSSR count). The van der Waals surface area contributed by atoms with Crippen LogP contribution in [0, 0.1) is 11.3 Å². The largest absolute Gasteiger partial charge is 0.453 e. The average Bonchev–Trinajstić information content (AvgIpc) is 3.07. The Morgan fingerprint density at radius 1 is 1.02 bits per heavy atom. The number of amides is 2. The molecule has 1 atom stereocenters. The van der Waals surface area contributed by atoms with Gasteiger partial charge in [-0.25, -0.2) is 4.79 Å². The van der Waals surface area contributed by atoms with E-state index in [-0.39, 0.29) is 11.8 Å². The quantitative estimate of drug-likeness (QED) is 0.198. The van der Waals surface area contributed by atoms with Crippen LogP contribution in [0.2, 0.25) is 10.0 Å². The number of nitriles is 1. The molecule has 0 saturated carbocycles. The number of rotatable bonds is 9. The summed E-state index contributed by atoms with van der Waals surface area (Å²) in [4.78, 5) is 29.9. The van der Waals surface area contributed by atoms with Gasteiger partial charge in [0.05, 0.1) is 28.8 Å². The number of hydrogen-bond donors (Lipinski definition) is 1. The van der Waals surface area contributed by atoms with Gasteiger partial charge in [0.25, 0.3) is 5.91 Å². The number of likely N-dealkylation sites (N-methyl/N-ethyl adjacent to an activating group) is 1. The second-order valence-electron chi connectivity index (χ2n) is 11.5. The van der Waals surface area contributed by atoms with Gasteiger partial charge in [0, 0.05) is 30.8 Å². The van der Waals surface area contributed by atoms with Gasteiger partial charge in [-0.05, 0) is 97.0 Å². The van der Waals surface area contributed by atoms with Gasteiger partial charge in [-0.15, -0.1) is 0 Å². The summed E-state index contributed by atoms with van der Waals surface area (Å²) >= 11 is 12.7. The number of ether oxygens (including phenoxy) is 1. The van der Waals surface area contributed by atoms with E-state index in [1.165, 1.54) is 7.11 Å². The van der Waals surface area contributed by atoms with Crippen molar-refractivity contribution in [3.63, 3.8) is 0 Å². The summed E-state index contributed by atoms with van der Waals surface area (Å²) in [6.07, 6.45) is 2.29. The Balaban J connectivity index is 1.29. The van der Waals surface area contributed by atoms with Crippen molar-refractivity contribution in [3.05, 3.63) is 111 Å². The molecule has 1 aliphatic rings. The molecule has 4 aromatic rings. The van der Waals surface area contributed by atoms with Crippen molar-refractivity contribution in [2.45, 2.75) is 31.1 Å². The van der Waals surface area contributed by atoms with Crippen LogP contribution in [0.25, 0.3) is 10.8 Å². The summed E-state index contributed by atoms with van der Waals surface area (Å²) in [6, 6.07) is 26.9. The van der Waals surface area contributed by atoms with Crippen LogP contribution in [-0.2, 0) is 4.74 Å². The summed E-state index contributed by atoms with van der Waals surface area (Å²) in [7, 11) is 3.18. The van der Waals surface area contributed by atoms with Gasteiger partial charge in [-0.1, -0.05) is 71.7 Å². The van der Waals surface area contributed by atoms with Crippen molar-refractivity contribution in [1.29, 1.82) is 5.26 Å². The summed E-state index contributed by atoms with van der Waals surface area (Å²) < 4.78 is 4.80. The third kappa shape index (κ3) is 7.77. The molecule has 4 aromatic carbocycles. The zero-order valence-corrected chi connectivity index (χ0v) is 26.9. The first-order valence-corrected chi connectivity index (χ1v) is 15.8. The van der Waals surface area contributed by atoms with Crippen molar-refractivity contribution >= 4 is 51.7 Å². The highest BCUT2D eigenvalue weighted by Gasteiger charge is 2.26. The summed E-state index contributed by atoms with van der Waals surface area (Å²) in [5.74, 6) is 0.221. The molecule has 0 unspecified atom stereocenters. The third-order valence-corrected chi connectivity index (χ3v) is 9.42. The molecule has 7 nitrogen and oxygen atoms in total. The number of carbonyl (C=O) groups excluding carboxylic acids is 2. The number of likely N-dealkylation sites (tertiary alicyclic amines) is 1. The van der Waals surface area contributed by atoms with E-state index in [2.05, 4.69) is 22.4 Å². The first kappa shape index (κ1) is 32.3. The molecule has 0 spiro atoms. The van der Waals surface area contributed by atoms with Crippen molar-refractivity contribution < 1.29 is 14.3 Å². The van der Waals surface area contributed by atoms with Crippen LogP contribution in [0.5, 0.6) is 0 Å². The molecule has 1 aliphatic heterocycles. The van der Waals surface area contributed by atoms with E-state index < -0.39 is 6.09 Å². The number of anilines is 1. The van der Waals surface area contributed by atoms with Crippen molar-refractivity contribution in [3.8, 4) is 6.07 Å². The molecule has 0 radical (unpaired) electrons. The van der Waals surface area contributed by atoms with Gasteiger partial charge < -0.3 is 14.5 Å². The maximum absolute atomic E-state index is 13.8. The van der Waals surface area contributed by atoms with E-state index in [1.54, 1.807) is 11.0 Å². The molecule has 0 bridgehead atoms. The Bertz CT molecular complexity index is 1730. The number of methoxy groups -OCH3 is 1. The van der Waals surface area contributed by atoms with Crippen LogP contribution in [-0.4, -0.2) is 62.1 Å². The SMILES string of the molecule is COC(=O)Nc1ccccc1C1CCN(CC[C@H](CN(C)C(=O)c2cc(C#N)cc3ccccc23)c2ccc(Cl)c(Cl)c2)CC1. The molecule has 2 amide bonds. The maximum atomic E-state index is 13.8. The Morgan fingerprint density at radius 3 is 2.49 bits per heavy atom. The minimum atomic E-state index is -0.470. The molecular weight excluding hydrogens is 607 g/mol. The lowest BCUT2D eigenvalue weighted by molar-refractivity contribution is 0.0783. The van der Waals surface area contributed by atoms with Gasteiger partial charge >= 0.3 is 6.09 Å². The standard InChI is InChI=1S/C36H36Cl2N4O3/c1-41(35(43)31-20-24(22-39)19-27-7-3-4-8-29(27)31)23-28(26-11-12-32(37)33(38)21-26)15-18-42-16-13-25(14-17-42)30-9-5-6-10-34(30)40-36(44)45-2/h3-12,19-21,25,28H,13-18,23H2,1-2H3,(H,40,44)/t28-/m1/s1. The Hall–Kier alpha value is -4.09. The fourth-order valence-corrected chi connectivity index (χ4v) is 6.54. The Labute approximate surface area is 274 Å². The second kappa shape index (κ2) is 14.8. The summed E-state index contributed by atoms with van der Waals surface area (Å²) in [5, 5.41) is 15.1. The van der Waals surface area contributed by atoms with Crippen LogP contribution in [0.15, 0.2) is 78.9 Å². The van der Waals surface area contributed by atoms with E-state index in [0.29, 0.717) is 33.6 Å². The van der Waals surface area contributed by atoms with Gasteiger partial charge in [0.1, 0.15) is 0 Å². The number of halogens is 2. The molecule has 1 fully saturated rings. The van der Waals surface area contributed by atoms with E-state index in [9.17, 15) is 14.9 Å². The highest BCUT2D eigenvalue weighted by molar-refractivity contribution is 6.42. The van der Waals surface area contributed by atoms with Gasteiger partial charge in [0.15, 0.2) is 0 Å². The molecule has 1 heterocycles. The lowest BCUT2D eigenvalue weighted by Crippen LogP contribution is -2.36. The van der Waals surface area contributed by atoms with Crippen LogP contribution >= 0.6 is 23.2 Å². The first-order valence-electron chi connectivity index (χ1n) is 15.1. The van der Waals surface area contributed by atoms with Crippen molar-refractivity contribution in [2.24, 2.45) is 0 Å². The number of piperidine rings is 1. The lowest BCUT2D eigenvalue weighted by atomic mass is 9.87. The Morgan fingerprint density at radius 2 is 1.76 bits per heavy atom. The fraction of sp³-hybridized carbons (Fsp3) is 0.306. The molecule has 1 saturated heterocycles. The first-order chi connectivity index (χ1) is 21.8. The molecule has 0 aliphatic carbocycles. The predicted molar refractivity (Wildman–Crippen MR) is 180 cm³/mol. The summed E-state index contributed by atoms with van der Waals surface area (Å²) in [6.45, 7) is 3.18. The Kier molecular flexibility index (Phi) is 10.6. The highest BCUT2D eigenvalue weighted by Crippen LogP contribution is 2.34. The van der Waals surface area contributed by atoms with Crippen LogP contribution in [0.1, 0.15) is 58.1 Å². The molecule has 232 valence electrons. The fourth-order valence-electron chi connectivity index (χ4n) is 6.23. The lowest BCUT2D eigenvalue weighted by Gasteiger charge is -2.34. The van der Waals surface area contributed by atoms with Crippen molar-refractivity contribution in [1.82, 2.24) is 9.80 Å². The minimum absolute atomic E-state index is 0.0156. The van der Waals surface area contributed by atoms with Crippen LogP contribution < -0.4 is 5.32 Å². The van der Waals surface area contributed by atoms with E-state index >= 15 is 0 Å². The van der Waals surface area contributed by atoms with Crippen molar-refractivity contribution in [2.75, 3.05) is 45.7 Å². The van der Waals surface area contributed by atoms with E-state index in [0.717, 1.165) is 66.5 Å². The number of nitrogens with one attached hydrogen (secondary N) is 1. The highest BCUT2D eigenvalue weighted by atomic mass is 35.5. The molecule has 1 N–H and O–H groups in total. The summed E-state index contributed by atoms with van der Waals surface area (Å²) in [5.41, 5.74) is 3.92. The molecular formula is C36H36Cl2N4O3. The maximum Gasteiger partial charge on any atom is 0.411 e. The number of benzene rings is 4. The smallest absolute Gasteiger partial charge is 0.411 e. The van der Waals surface area contributed by atoms with Gasteiger partial charge in [-0.3, -0.25) is 10.1 Å². The number of nitrogens with zero attached hydrogens (tertiary/aromatic N) is 3. The zero-order valence-electron chi connectivity index (χ0n) is 25.4. The normalized spacial score (nSPS) is 14.5. The van der Waals surface area contributed by atoms with Gasteiger partial charge in [0.2, 0.25) is 0 Å². The average molecular weight is 644 g/mol. The number of hydrogen-bond acceptors (Lipinski definition) is 5. The van der Waals surface area contributed by atoms with Crippen LogP contribution in [0.4, 0.5) is 10.5 Å². The van der Waals surface area contributed by atoms with E-state index in [4.69, 9.17) is 27.9 Å². The number of carbonyl (C=O) groups is 2. The number of para-hydroxylation sites is 1. The molecule has 0 aromatic heterocycles. The number of fused-ring (bicyclic) bond motifs is 1. The minimum Gasteiger partial charge on any atom is -0.453 e. The predicted octanol–water partition coefficient (Wildman–Crippen LogP) is 8.32. The molecule has 9 heteroatoms. The third-order valence-electron chi connectivity index (χ3n) is 8.68.